The van der Waals surface area contributed by atoms with E-state index in [1.165, 1.54) is 21.6 Å². The molecule has 0 amide bonds. The number of aromatic amines is 1. The van der Waals surface area contributed by atoms with Crippen molar-refractivity contribution in [3.05, 3.63) is 62.0 Å². The molecule has 1 aromatic carbocycles. The third-order valence-corrected chi connectivity index (χ3v) is 6.93. The predicted molar refractivity (Wildman–Crippen MR) is 117 cm³/mol. The molecular weight excluding hydrogens is 366 g/mol. The summed E-state index contributed by atoms with van der Waals surface area (Å²) in [6.07, 6.45) is 3.26. The van der Waals surface area contributed by atoms with Crippen LogP contribution in [0.15, 0.2) is 29.1 Å². The van der Waals surface area contributed by atoms with E-state index in [9.17, 15) is 4.79 Å². The van der Waals surface area contributed by atoms with E-state index < -0.39 is 0 Å². The predicted octanol–water partition coefficient (Wildman–Crippen LogP) is 5.08. The van der Waals surface area contributed by atoms with Gasteiger partial charge in [-0.15, -0.1) is 11.3 Å². The molecule has 1 aliphatic carbocycles. The Hall–Kier alpha value is -1.98. The Morgan fingerprint density at radius 3 is 2.50 bits per heavy atom. The maximum absolute atomic E-state index is 12.7. The lowest BCUT2D eigenvalue weighted by atomic mass is 9.93. The molecule has 0 spiro atoms. The van der Waals surface area contributed by atoms with Crippen LogP contribution in [0.25, 0.3) is 10.2 Å². The fourth-order valence-electron chi connectivity index (χ4n) is 4.16. The first kappa shape index (κ1) is 19.3. The highest BCUT2D eigenvalue weighted by molar-refractivity contribution is 7.18. The van der Waals surface area contributed by atoms with Gasteiger partial charge in [-0.2, -0.15) is 0 Å². The lowest BCUT2D eigenvalue weighted by Gasteiger charge is -2.23. The van der Waals surface area contributed by atoms with Gasteiger partial charge in [0, 0.05) is 10.9 Å². The minimum absolute atomic E-state index is 0.0172. The van der Waals surface area contributed by atoms with E-state index in [2.05, 4.69) is 62.3 Å². The molecule has 4 rings (SSSR count). The summed E-state index contributed by atoms with van der Waals surface area (Å²) in [5.41, 5.74) is 3.88. The third-order valence-electron chi connectivity index (χ3n) is 5.74. The highest BCUT2D eigenvalue weighted by Gasteiger charge is 2.21. The maximum Gasteiger partial charge on any atom is 0.259 e. The van der Waals surface area contributed by atoms with Crippen LogP contribution in [-0.2, 0) is 19.4 Å². The van der Waals surface area contributed by atoms with Gasteiger partial charge in [0.1, 0.15) is 10.7 Å². The zero-order valence-electron chi connectivity index (χ0n) is 17.1. The van der Waals surface area contributed by atoms with Crippen LogP contribution in [0, 0.1) is 5.92 Å². The maximum atomic E-state index is 12.7. The molecule has 2 aromatic heterocycles. The van der Waals surface area contributed by atoms with Gasteiger partial charge < -0.3 is 10.3 Å². The van der Waals surface area contributed by atoms with Gasteiger partial charge >= 0.3 is 0 Å². The van der Waals surface area contributed by atoms with E-state index >= 15 is 0 Å². The number of benzene rings is 1. The Morgan fingerprint density at radius 1 is 1.11 bits per heavy atom. The summed E-state index contributed by atoms with van der Waals surface area (Å²) in [6.45, 7) is 9.43. The molecule has 148 valence electrons. The minimum atomic E-state index is 0.0172. The first-order chi connectivity index (χ1) is 13.4. The average molecular weight is 396 g/mol. The Labute approximate surface area is 170 Å². The largest absolute Gasteiger partial charge is 0.309 e. The van der Waals surface area contributed by atoms with Crippen molar-refractivity contribution in [2.24, 2.45) is 5.92 Å². The van der Waals surface area contributed by atoms with E-state index in [4.69, 9.17) is 4.98 Å². The highest BCUT2D eigenvalue weighted by atomic mass is 32.1. The Morgan fingerprint density at radius 2 is 1.82 bits per heavy atom. The van der Waals surface area contributed by atoms with Crippen LogP contribution in [0.1, 0.15) is 73.5 Å². The van der Waals surface area contributed by atoms with Crippen LogP contribution in [0.3, 0.4) is 0 Å². The fraction of sp³-hybridized carbons (Fsp3) is 0.478. The van der Waals surface area contributed by atoms with E-state index in [0.29, 0.717) is 18.4 Å². The Kier molecular flexibility index (Phi) is 5.39. The smallest absolute Gasteiger partial charge is 0.259 e. The second kappa shape index (κ2) is 7.80. The average Bonchev–Trinajstić information content (AvgIpc) is 3.22. The lowest BCUT2D eigenvalue weighted by Crippen LogP contribution is -2.27. The molecule has 0 saturated carbocycles. The second-order valence-electron chi connectivity index (χ2n) is 8.47. The molecular formula is C23H29N3OS. The van der Waals surface area contributed by atoms with Crippen LogP contribution < -0.4 is 10.9 Å². The molecule has 2 heterocycles. The van der Waals surface area contributed by atoms with Crippen LogP contribution in [0.5, 0.6) is 0 Å². The Bertz CT molecular complexity index is 1030. The van der Waals surface area contributed by atoms with Gasteiger partial charge in [-0.1, -0.05) is 52.0 Å². The summed E-state index contributed by atoms with van der Waals surface area (Å²) in [4.78, 5) is 22.7. The lowest BCUT2D eigenvalue weighted by molar-refractivity contribution is 0.406. The number of rotatable bonds is 6. The van der Waals surface area contributed by atoms with Gasteiger partial charge in [-0.25, -0.2) is 4.98 Å². The van der Waals surface area contributed by atoms with Gasteiger partial charge in [0.2, 0.25) is 0 Å². The zero-order valence-corrected chi connectivity index (χ0v) is 18.0. The number of fused-ring (bicyclic) bond motifs is 3. The number of aryl methyl sites for hydroxylation is 2. The summed E-state index contributed by atoms with van der Waals surface area (Å²) in [7, 11) is 0. The summed E-state index contributed by atoms with van der Waals surface area (Å²) in [6, 6.07) is 9.09. The zero-order chi connectivity index (χ0) is 19.8. The first-order valence-electron chi connectivity index (χ1n) is 10.3. The number of hydrogen-bond donors (Lipinski definition) is 2. The molecule has 0 aliphatic heterocycles. The van der Waals surface area contributed by atoms with Crippen molar-refractivity contribution in [1.82, 2.24) is 15.3 Å². The molecule has 0 unspecified atom stereocenters. The molecule has 3 aromatic rings. The van der Waals surface area contributed by atoms with E-state index in [1.54, 1.807) is 11.3 Å². The Balaban J connectivity index is 1.55. The summed E-state index contributed by atoms with van der Waals surface area (Å²) in [5, 5.41) is 4.44. The molecule has 1 aliphatic rings. The van der Waals surface area contributed by atoms with Gasteiger partial charge in [-0.3, -0.25) is 4.79 Å². The normalized spacial score (nSPS) is 14.9. The number of thiophene rings is 1. The molecule has 0 saturated heterocycles. The topological polar surface area (TPSA) is 57.8 Å². The first-order valence-corrected chi connectivity index (χ1v) is 11.1. The van der Waals surface area contributed by atoms with Crippen molar-refractivity contribution in [1.29, 1.82) is 0 Å². The number of H-pyrrole nitrogens is 1. The van der Waals surface area contributed by atoms with Crippen molar-refractivity contribution in [3.8, 4) is 0 Å². The van der Waals surface area contributed by atoms with E-state index in [0.717, 1.165) is 35.3 Å². The SMILES string of the molecule is CC(C)c1ccc([C@@H](NCc2nc3sc4c(c3c(=O)[nH]2)CCC4)C(C)C)cc1. The van der Waals surface area contributed by atoms with Gasteiger partial charge in [-0.05, 0) is 47.8 Å². The number of nitrogens with one attached hydrogen (secondary N) is 2. The molecule has 0 bridgehead atoms. The van der Waals surface area contributed by atoms with Gasteiger partial charge in [0.25, 0.3) is 5.56 Å². The molecule has 5 heteroatoms. The second-order valence-corrected chi connectivity index (χ2v) is 9.56. The van der Waals surface area contributed by atoms with Crippen LogP contribution >= 0.6 is 11.3 Å². The molecule has 28 heavy (non-hydrogen) atoms. The fourth-order valence-corrected chi connectivity index (χ4v) is 5.44. The van der Waals surface area contributed by atoms with Crippen molar-refractivity contribution in [2.45, 2.75) is 65.5 Å². The van der Waals surface area contributed by atoms with Gasteiger partial charge in [0.15, 0.2) is 0 Å². The van der Waals surface area contributed by atoms with Crippen molar-refractivity contribution >= 4 is 21.6 Å². The van der Waals surface area contributed by atoms with E-state index in [-0.39, 0.29) is 11.6 Å². The van der Waals surface area contributed by atoms with Crippen molar-refractivity contribution in [3.63, 3.8) is 0 Å². The quantitative estimate of drug-likeness (QED) is 0.612. The molecule has 0 fully saturated rings. The van der Waals surface area contributed by atoms with Crippen LogP contribution in [0.4, 0.5) is 0 Å². The summed E-state index contributed by atoms with van der Waals surface area (Å²) >= 11 is 1.70. The molecule has 2 N–H and O–H groups in total. The monoisotopic (exact) mass is 395 g/mol. The number of aromatic nitrogens is 2. The molecule has 4 nitrogen and oxygen atoms in total. The van der Waals surface area contributed by atoms with Crippen molar-refractivity contribution < 1.29 is 0 Å². The number of nitrogens with zero attached hydrogens (tertiary/aromatic N) is 1. The molecule has 1 atom stereocenters. The summed E-state index contributed by atoms with van der Waals surface area (Å²) < 4.78 is 0. The number of hydrogen-bond acceptors (Lipinski definition) is 4. The molecule has 0 radical (unpaired) electrons. The minimum Gasteiger partial charge on any atom is -0.309 e. The standard InChI is InChI=1S/C23H29N3OS/c1-13(2)15-8-10-16(11-9-15)21(14(3)4)24-12-19-25-22(27)20-17-6-5-7-18(17)28-23(20)26-19/h8-11,13-14,21,24H,5-7,12H2,1-4H3,(H,25,26,27)/t21-/m0/s1. The van der Waals surface area contributed by atoms with Gasteiger partial charge in [0.05, 0.1) is 11.9 Å². The summed E-state index contributed by atoms with van der Waals surface area (Å²) in [5.74, 6) is 1.70. The van der Waals surface area contributed by atoms with E-state index in [1.807, 2.05) is 0 Å². The van der Waals surface area contributed by atoms with Crippen LogP contribution in [0.2, 0.25) is 0 Å². The van der Waals surface area contributed by atoms with Crippen LogP contribution in [-0.4, -0.2) is 9.97 Å². The highest BCUT2D eigenvalue weighted by Crippen LogP contribution is 2.34. The third kappa shape index (κ3) is 3.65. The van der Waals surface area contributed by atoms with Crippen molar-refractivity contribution in [2.75, 3.05) is 0 Å².